The molecular weight excluding hydrogens is 293 g/mol. The number of benzene rings is 1. The molecule has 0 amide bonds. The molecule has 0 aliphatic rings. The van der Waals surface area contributed by atoms with E-state index in [-0.39, 0.29) is 12.1 Å². The van der Waals surface area contributed by atoms with Crippen molar-refractivity contribution >= 4 is 10.0 Å². The average Bonchev–Trinajstić information content (AvgIpc) is 2.23. The van der Waals surface area contributed by atoms with E-state index < -0.39 is 32.2 Å². The summed E-state index contributed by atoms with van der Waals surface area (Å²) in [6.07, 6.45) is -4.77. The summed E-state index contributed by atoms with van der Waals surface area (Å²) in [7, 11) is -4.27. The average molecular weight is 310 g/mol. The van der Waals surface area contributed by atoms with Crippen LogP contribution < -0.4 is 10.5 Å². The maximum Gasteiger partial charge on any atom is 0.417 e. The monoisotopic (exact) mass is 310 g/mol. The third kappa shape index (κ3) is 4.19. The van der Waals surface area contributed by atoms with Crippen LogP contribution in [0, 0.1) is 0 Å². The van der Waals surface area contributed by atoms with Crippen LogP contribution in [-0.4, -0.2) is 14.0 Å². The van der Waals surface area contributed by atoms with Crippen LogP contribution in [0.5, 0.6) is 0 Å². The van der Waals surface area contributed by atoms with E-state index in [2.05, 4.69) is 4.72 Å². The highest BCUT2D eigenvalue weighted by Gasteiger charge is 2.38. The molecule has 0 saturated carbocycles. The van der Waals surface area contributed by atoms with E-state index in [0.717, 1.165) is 12.1 Å². The predicted octanol–water partition coefficient (Wildman–Crippen LogP) is 2.24. The minimum Gasteiger partial charge on any atom is -0.326 e. The van der Waals surface area contributed by atoms with Crippen LogP contribution in [0.15, 0.2) is 23.1 Å². The van der Waals surface area contributed by atoms with Crippen LogP contribution in [0.25, 0.3) is 0 Å². The van der Waals surface area contributed by atoms with Gasteiger partial charge in [0.1, 0.15) is 0 Å². The fourth-order valence-electron chi connectivity index (χ4n) is 1.62. The summed E-state index contributed by atoms with van der Waals surface area (Å²) in [5.41, 5.74) is 3.41. The Morgan fingerprint density at radius 1 is 1.20 bits per heavy atom. The lowest BCUT2D eigenvalue weighted by atomic mass is 10.1. The van der Waals surface area contributed by atoms with Crippen LogP contribution in [-0.2, 0) is 22.7 Å². The van der Waals surface area contributed by atoms with E-state index in [1.165, 1.54) is 6.07 Å². The number of nitrogens with one attached hydrogen (secondary N) is 1. The second-order valence-corrected chi connectivity index (χ2v) is 7.04. The van der Waals surface area contributed by atoms with Gasteiger partial charge in [-0.25, -0.2) is 13.1 Å². The fraction of sp³-hybridized carbons (Fsp3) is 0.500. The van der Waals surface area contributed by atoms with E-state index in [4.69, 9.17) is 5.73 Å². The molecule has 114 valence electrons. The summed E-state index contributed by atoms with van der Waals surface area (Å²) in [4.78, 5) is -0.794. The highest BCUT2D eigenvalue weighted by atomic mass is 32.2. The molecule has 20 heavy (non-hydrogen) atoms. The molecule has 0 aliphatic carbocycles. The number of hydrogen-bond donors (Lipinski definition) is 2. The number of rotatable bonds is 3. The topological polar surface area (TPSA) is 72.2 Å². The molecule has 1 aromatic rings. The Bertz CT molecular complexity index is 590. The Labute approximate surface area is 116 Å². The van der Waals surface area contributed by atoms with Gasteiger partial charge in [0.05, 0.1) is 10.5 Å². The molecule has 0 heterocycles. The number of sulfonamides is 1. The molecule has 1 rings (SSSR count). The van der Waals surface area contributed by atoms with Crippen molar-refractivity contribution in [1.29, 1.82) is 0 Å². The molecule has 0 atom stereocenters. The summed E-state index contributed by atoms with van der Waals surface area (Å²) in [5.74, 6) is 0. The molecule has 3 N–H and O–H groups in total. The predicted molar refractivity (Wildman–Crippen MR) is 69.4 cm³/mol. The maximum absolute atomic E-state index is 13.0. The van der Waals surface area contributed by atoms with Gasteiger partial charge in [0.15, 0.2) is 0 Å². The Morgan fingerprint density at radius 2 is 1.75 bits per heavy atom. The summed E-state index contributed by atoms with van der Waals surface area (Å²) >= 11 is 0. The largest absolute Gasteiger partial charge is 0.417 e. The molecule has 0 aromatic heterocycles. The molecule has 0 saturated heterocycles. The first-order chi connectivity index (χ1) is 8.87. The Morgan fingerprint density at radius 3 is 2.15 bits per heavy atom. The molecule has 0 unspecified atom stereocenters. The van der Waals surface area contributed by atoms with E-state index in [1.54, 1.807) is 20.8 Å². The van der Waals surface area contributed by atoms with Crippen LogP contribution in [0.3, 0.4) is 0 Å². The number of hydrogen-bond acceptors (Lipinski definition) is 3. The van der Waals surface area contributed by atoms with Gasteiger partial charge in [0.2, 0.25) is 10.0 Å². The van der Waals surface area contributed by atoms with Gasteiger partial charge in [-0.05, 0) is 38.5 Å². The Hall–Kier alpha value is -1.12. The third-order valence-electron chi connectivity index (χ3n) is 2.32. The molecule has 0 fully saturated rings. The summed E-state index contributed by atoms with van der Waals surface area (Å²) in [6.45, 7) is 4.54. The lowest BCUT2D eigenvalue weighted by Crippen LogP contribution is -2.41. The normalized spacial score (nSPS) is 13.6. The molecule has 0 bridgehead atoms. The number of nitrogens with two attached hydrogens (primary N) is 1. The lowest BCUT2D eigenvalue weighted by Gasteiger charge is -2.22. The van der Waals surface area contributed by atoms with Gasteiger partial charge in [-0.15, -0.1) is 0 Å². The van der Waals surface area contributed by atoms with Gasteiger partial charge in [-0.1, -0.05) is 6.07 Å². The quantitative estimate of drug-likeness (QED) is 0.899. The Kier molecular flexibility index (Phi) is 4.52. The van der Waals surface area contributed by atoms with Crippen molar-refractivity contribution < 1.29 is 21.6 Å². The first-order valence-corrected chi connectivity index (χ1v) is 7.29. The van der Waals surface area contributed by atoms with Gasteiger partial charge >= 0.3 is 6.18 Å². The zero-order valence-corrected chi connectivity index (χ0v) is 12.2. The molecule has 0 aliphatic heterocycles. The van der Waals surface area contributed by atoms with Crippen LogP contribution in [0.4, 0.5) is 13.2 Å². The number of halogens is 3. The first-order valence-electron chi connectivity index (χ1n) is 5.81. The SMILES string of the molecule is CC(C)(C)NS(=O)(=O)c1ccc(CN)cc1C(F)(F)F. The maximum atomic E-state index is 13.0. The minimum atomic E-state index is -4.77. The third-order valence-corrected chi connectivity index (χ3v) is 4.13. The summed E-state index contributed by atoms with van der Waals surface area (Å²) in [5, 5.41) is 0. The number of alkyl halides is 3. The summed E-state index contributed by atoms with van der Waals surface area (Å²) in [6, 6.07) is 2.96. The molecule has 1 aromatic carbocycles. The molecule has 0 radical (unpaired) electrons. The van der Waals surface area contributed by atoms with Crippen molar-refractivity contribution in [2.24, 2.45) is 5.73 Å². The van der Waals surface area contributed by atoms with Crippen LogP contribution >= 0.6 is 0 Å². The standard InChI is InChI=1S/C12H17F3N2O2S/c1-11(2,3)17-20(18,19)10-5-4-8(7-16)6-9(10)12(13,14)15/h4-6,17H,7,16H2,1-3H3. The van der Waals surface area contributed by atoms with Gasteiger partial charge < -0.3 is 5.73 Å². The molecule has 8 heteroatoms. The zero-order valence-electron chi connectivity index (χ0n) is 11.4. The van der Waals surface area contributed by atoms with Crippen LogP contribution in [0.2, 0.25) is 0 Å². The van der Waals surface area contributed by atoms with E-state index in [9.17, 15) is 21.6 Å². The summed E-state index contributed by atoms with van der Waals surface area (Å²) < 4.78 is 65.3. The lowest BCUT2D eigenvalue weighted by molar-refractivity contribution is -0.139. The minimum absolute atomic E-state index is 0.101. The zero-order chi connectivity index (χ0) is 15.8. The van der Waals surface area contributed by atoms with Crippen molar-refractivity contribution in [2.75, 3.05) is 0 Å². The van der Waals surface area contributed by atoms with Crippen molar-refractivity contribution in [3.8, 4) is 0 Å². The highest BCUT2D eigenvalue weighted by molar-refractivity contribution is 7.89. The van der Waals surface area contributed by atoms with E-state index in [0.29, 0.717) is 0 Å². The second kappa shape index (κ2) is 5.34. The van der Waals surface area contributed by atoms with Gasteiger partial charge in [-0.2, -0.15) is 13.2 Å². The van der Waals surface area contributed by atoms with Gasteiger partial charge in [-0.3, -0.25) is 0 Å². The first kappa shape index (κ1) is 16.9. The molecular formula is C12H17F3N2O2S. The highest BCUT2D eigenvalue weighted by Crippen LogP contribution is 2.35. The Balaban J connectivity index is 3.45. The van der Waals surface area contributed by atoms with Crippen molar-refractivity contribution in [3.63, 3.8) is 0 Å². The van der Waals surface area contributed by atoms with Gasteiger partial charge in [0.25, 0.3) is 0 Å². The van der Waals surface area contributed by atoms with Crippen LogP contribution in [0.1, 0.15) is 31.9 Å². The van der Waals surface area contributed by atoms with Crippen molar-refractivity contribution in [1.82, 2.24) is 4.72 Å². The van der Waals surface area contributed by atoms with Crippen molar-refractivity contribution in [3.05, 3.63) is 29.3 Å². The molecule has 0 spiro atoms. The smallest absolute Gasteiger partial charge is 0.326 e. The van der Waals surface area contributed by atoms with E-state index >= 15 is 0 Å². The molecule has 4 nitrogen and oxygen atoms in total. The van der Waals surface area contributed by atoms with Gasteiger partial charge in [0, 0.05) is 12.1 Å². The van der Waals surface area contributed by atoms with E-state index in [1.807, 2.05) is 0 Å². The fourth-order valence-corrected chi connectivity index (χ4v) is 3.25. The second-order valence-electron chi connectivity index (χ2n) is 5.39. The van der Waals surface area contributed by atoms with Crippen molar-refractivity contribution in [2.45, 2.75) is 43.9 Å².